The van der Waals surface area contributed by atoms with Crippen molar-refractivity contribution in [1.82, 2.24) is 9.97 Å². The Morgan fingerprint density at radius 3 is 2.84 bits per heavy atom. The molecule has 0 bridgehead atoms. The summed E-state index contributed by atoms with van der Waals surface area (Å²) in [4.78, 5) is 19.8. The number of aromatic amines is 1. The summed E-state index contributed by atoms with van der Waals surface area (Å²) in [6.45, 7) is 1.65. The monoisotopic (exact) mass is 433 g/mol. The number of nitrogens with zero attached hydrogens (tertiary/aromatic N) is 1. The fraction of sp³-hybridized carbons (Fsp3) is 0.118. The van der Waals surface area contributed by atoms with E-state index < -0.39 is 21.3 Å². The minimum Gasteiger partial charge on any atom is -0.362 e. The van der Waals surface area contributed by atoms with E-state index in [2.05, 4.69) is 26.6 Å². The van der Waals surface area contributed by atoms with Crippen molar-refractivity contribution in [3.8, 4) is 0 Å². The van der Waals surface area contributed by atoms with Crippen LogP contribution in [0, 0.1) is 18.8 Å². The van der Waals surface area contributed by atoms with Gasteiger partial charge in [-0.2, -0.15) is 0 Å². The van der Waals surface area contributed by atoms with Crippen LogP contribution in [0.5, 0.6) is 0 Å². The largest absolute Gasteiger partial charge is 0.362 e. The summed E-state index contributed by atoms with van der Waals surface area (Å²) >= 11 is 0. The van der Waals surface area contributed by atoms with Crippen molar-refractivity contribution in [1.29, 1.82) is 0 Å². The molecule has 0 fully saturated rings. The predicted molar refractivity (Wildman–Crippen MR) is 94.3 cm³/mol. The van der Waals surface area contributed by atoms with Crippen LogP contribution in [0.1, 0.15) is 21.5 Å². The Morgan fingerprint density at radius 2 is 2.16 bits per heavy atom. The first-order valence-electron chi connectivity index (χ1n) is 7.05. The molecule has 1 atom stereocenters. The summed E-state index contributed by atoms with van der Waals surface area (Å²) in [6.07, 6.45) is 4.34. The van der Waals surface area contributed by atoms with Gasteiger partial charge in [0.05, 0.1) is 16.9 Å². The van der Waals surface area contributed by atoms with Crippen molar-refractivity contribution >= 4 is 38.1 Å². The molecule has 2 aromatic heterocycles. The van der Waals surface area contributed by atoms with Gasteiger partial charge in [-0.05, 0) is 36.2 Å². The summed E-state index contributed by atoms with van der Waals surface area (Å²) in [5.41, 5.74) is 1.22. The molecule has 0 aliphatic carbocycles. The minimum atomic E-state index is -2.67. The molecule has 2 heterocycles. The number of hydrogen-bond donors (Lipinski definition) is 2. The van der Waals surface area contributed by atoms with Gasteiger partial charge >= 0.3 is 0 Å². The zero-order chi connectivity index (χ0) is 17.5. The van der Waals surface area contributed by atoms with Crippen molar-refractivity contribution in [2.45, 2.75) is 6.92 Å². The molecular formula is C17H15FN3O2SY-. The second kappa shape index (κ2) is 7.35. The van der Waals surface area contributed by atoms with E-state index in [1.54, 1.807) is 19.1 Å². The average Bonchev–Trinajstić information content (AvgIpc) is 2.93. The maximum absolute atomic E-state index is 14.8. The summed E-state index contributed by atoms with van der Waals surface area (Å²) in [7, 11) is -2.67. The molecular weight excluding hydrogens is 418 g/mol. The number of carbonyl (C=O) groups excluding carboxylic acids is 1. The van der Waals surface area contributed by atoms with Crippen molar-refractivity contribution in [2.24, 2.45) is 0 Å². The van der Waals surface area contributed by atoms with E-state index in [-0.39, 0.29) is 44.0 Å². The Morgan fingerprint density at radius 1 is 1.44 bits per heavy atom. The fourth-order valence-electron chi connectivity index (χ4n) is 2.48. The summed E-state index contributed by atoms with van der Waals surface area (Å²) in [6, 6.07) is 7.47. The third kappa shape index (κ3) is 3.99. The molecule has 25 heavy (non-hydrogen) atoms. The number of fused-ring (bicyclic) bond motifs is 1. The zero-order valence-electron chi connectivity index (χ0n) is 13.7. The van der Waals surface area contributed by atoms with E-state index in [0.717, 1.165) is 0 Å². The van der Waals surface area contributed by atoms with Crippen LogP contribution in [-0.2, 0) is 42.4 Å². The number of nitrogens with one attached hydrogen (secondary N) is 2. The molecule has 0 saturated carbocycles. The van der Waals surface area contributed by atoms with Gasteiger partial charge in [0.25, 0.3) is 0 Å². The molecule has 3 rings (SSSR count). The molecule has 1 aromatic carbocycles. The quantitative estimate of drug-likeness (QED) is 0.378. The van der Waals surface area contributed by atoms with Gasteiger partial charge in [-0.15, -0.1) is 5.39 Å². The van der Waals surface area contributed by atoms with Crippen LogP contribution in [-0.4, -0.2) is 32.1 Å². The molecule has 2 N–H and O–H groups in total. The Labute approximate surface area is 170 Å². The molecule has 5 nitrogen and oxygen atoms in total. The normalized spacial score (nSPS) is 13.1. The van der Waals surface area contributed by atoms with Crippen molar-refractivity contribution in [3.63, 3.8) is 0 Å². The van der Waals surface area contributed by atoms with Crippen LogP contribution in [0.4, 0.5) is 10.1 Å². The molecule has 1 radical (unpaired) electrons. The van der Waals surface area contributed by atoms with Crippen LogP contribution < -0.4 is 4.72 Å². The number of halogens is 1. The van der Waals surface area contributed by atoms with Gasteiger partial charge in [-0.3, -0.25) is 9.78 Å². The molecule has 127 valence electrons. The molecule has 0 spiro atoms. The van der Waals surface area contributed by atoms with Gasteiger partial charge in [0.15, 0.2) is 11.6 Å². The number of pyridine rings is 1. The molecule has 8 heteroatoms. The van der Waals surface area contributed by atoms with Crippen LogP contribution >= 0.6 is 0 Å². The number of rotatable bonds is 4. The van der Waals surface area contributed by atoms with Gasteiger partial charge in [-0.25, -0.2) is 20.7 Å². The second-order valence-corrected chi connectivity index (χ2v) is 7.80. The van der Waals surface area contributed by atoms with Crippen LogP contribution in [0.15, 0.2) is 30.6 Å². The molecule has 0 aliphatic rings. The Bertz CT molecular complexity index is 1060. The Balaban J connectivity index is 0.00000225. The van der Waals surface area contributed by atoms with Crippen molar-refractivity contribution < 1.29 is 46.1 Å². The standard InChI is InChI=1S/C17H15FN3O2S.Y/c1-10-6-7-13(21-24(2,3)23)15(18)14(10)16(22)12-9-20-17-11(12)5-4-8-19-17;/h5-9H,2H2,1,3H3,(H,19,20)(H,21,23);/q-1;. The van der Waals surface area contributed by atoms with E-state index >= 15 is 0 Å². The van der Waals surface area contributed by atoms with E-state index in [0.29, 0.717) is 22.2 Å². The van der Waals surface area contributed by atoms with E-state index in [1.165, 1.54) is 24.7 Å². The van der Waals surface area contributed by atoms with Crippen LogP contribution in [0.3, 0.4) is 0 Å². The van der Waals surface area contributed by atoms with Gasteiger partial charge in [0.1, 0.15) is 0 Å². The number of anilines is 1. The average molecular weight is 433 g/mol. The number of ketones is 1. The Hall–Kier alpha value is -1.57. The number of H-pyrrole nitrogens is 1. The Kier molecular flexibility index (Phi) is 5.81. The molecule has 3 aromatic rings. The van der Waals surface area contributed by atoms with Gasteiger partial charge < -0.3 is 9.71 Å². The van der Waals surface area contributed by atoms with Gasteiger partial charge in [0, 0.05) is 48.7 Å². The minimum absolute atomic E-state index is 0. The van der Waals surface area contributed by atoms with Crippen molar-refractivity contribution in [3.05, 3.63) is 59.2 Å². The van der Waals surface area contributed by atoms with Gasteiger partial charge in [0.2, 0.25) is 0 Å². The first kappa shape index (κ1) is 19.8. The molecule has 0 amide bonds. The third-order valence-corrected chi connectivity index (χ3v) is 4.19. The number of aromatic nitrogens is 2. The first-order chi connectivity index (χ1) is 11.3. The number of carbonyl (C=O) groups is 1. The molecule has 0 saturated heterocycles. The van der Waals surface area contributed by atoms with E-state index in [9.17, 15) is 13.4 Å². The number of benzene rings is 1. The number of aryl methyl sites for hydroxylation is 1. The zero-order valence-corrected chi connectivity index (χ0v) is 17.4. The fourth-order valence-corrected chi connectivity index (χ4v) is 3.11. The van der Waals surface area contributed by atoms with E-state index in [1.807, 2.05) is 0 Å². The second-order valence-electron chi connectivity index (χ2n) is 5.59. The summed E-state index contributed by atoms with van der Waals surface area (Å²) < 4.78 is 29.1. The number of hydrogen-bond acceptors (Lipinski definition) is 3. The summed E-state index contributed by atoms with van der Waals surface area (Å²) in [5.74, 6) is 2.21. The first-order valence-corrected chi connectivity index (χ1v) is 9.18. The van der Waals surface area contributed by atoms with Crippen molar-refractivity contribution in [2.75, 3.05) is 11.0 Å². The summed E-state index contributed by atoms with van der Waals surface area (Å²) in [5, 5.41) is 0.566. The smallest absolute Gasteiger partial charge is 0.180 e. The molecule has 0 aliphatic heterocycles. The third-order valence-electron chi connectivity index (χ3n) is 3.54. The van der Waals surface area contributed by atoms with Crippen LogP contribution in [0.25, 0.3) is 11.0 Å². The van der Waals surface area contributed by atoms with Gasteiger partial charge in [-0.1, -0.05) is 12.3 Å². The predicted octanol–water partition coefficient (Wildman–Crippen LogP) is 2.71. The topological polar surface area (TPSA) is 74.8 Å². The SMILES string of the molecule is C=S(C)(=O)Nc1ccc(C)c(C(=O)c2c[nH]c3nc[c-]cc23)c1F.[Y]. The molecule has 1 unspecified atom stereocenters. The van der Waals surface area contributed by atoms with Crippen LogP contribution in [0.2, 0.25) is 0 Å². The maximum atomic E-state index is 14.8. The van der Waals surface area contributed by atoms with E-state index in [4.69, 9.17) is 0 Å². The maximum Gasteiger partial charge on any atom is 0.180 e.